The highest BCUT2D eigenvalue weighted by Gasteiger charge is 2.70. The Morgan fingerprint density at radius 3 is 2.42 bits per heavy atom. The molecule has 4 heterocycles. The van der Waals surface area contributed by atoms with Crippen molar-refractivity contribution >= 4 is 51.6 Å². The number of carbonyl (C=O) groups is 2. The molecule has 2 saturated heterocycles. The predicted molar refractivity (Wildman–Crippen MR) is 146 cm³/mol. The molecule has 2 fully saturated rings. The van der Waals surface area contributed by atoms with Crippen LogP contribution in [-0.2, 0) is 15.1 Å². The molecule has 3 aliphatic heterocycles. The second kappa shape index (κ2) is 7.99. The summed E-state index contributed by atoms with van der Waals surface area (Å²) in [5.41, 5.74) is 0.957. The fourth-order valence-corrected chi connectivity index (χ4v) is 6.90. The van der Waals surface area contributed by atoms with Crippen LogP contribution in [0.5, 0.6) is 0 Å². The first-order valence-corrected chi connectivity index (χ1v) is 13.2. The van der Waals surface area contributed by atoms with Crippen LogP contribution in [0.1, 0.15) is 25.2 Å². The molecule has 3 aromatic carbocycles. The summed E-state index contributed by atoms with van der Waals surface area (Å²) in [6.45, 7) is 4.05. The third-order valence-electron chi connectivity index (χ3n) is 8.18. The van der Waals surface area contributed by atoms with Crippen LogP contribution >= 0.6 is 23.2 Å². The Balaban J connectivity index is 1.53. The molecule has 190 valence electrons. The van der Waals surface area contributed by atoms with Crippen LogP contribution in [0.25, 0.3) is 16.6 Å². The normalized spacial score (nSPS) is 25.5. The van der Waals surface area contributed by atoms with Gasteiger partial charge in [-0.25, -0.2) is 9.88 Å². The number of fused-ring (bicyclic) bond motifs is 8. The number of imide groups is 1. The quantitative estimate of drug-likeness (QED) is 0.370. The molecule has 1 aromatic heterocycles. The van der Waals surface area contributed by atoms with Crippen molar-refractivity contribution in [2.75, 3.05) is 4.90 Å². The van der Waals surface area contributed by atoms with Gasteiger partial charge in [0.2, 0.25) is 11.8 Å². The van der Waals surface area contributed by atoms with Crippen LogP contribution < -0.4 is 15.8 Å². The maximum atomic E-state index is 14.4. The highest BCUT2D eigenvalue weighted by Crippen LogP contribution is 2.56. The number of rotatable bonds is 2. The second-order valence-electron chi connectivity index (χ2n) is 10.4. The molecule has 4 atom stereocenters. The minimum Gasteiger partial charge on any atom is -0.296 e. The molecule has 3 aliphatic rings. The van der Waals surface area contributed by atoms with Gasteiger partial charge >= 0.3 is 0 Å². The third-order valence-corrected chi connectivity index (χ3v) is 8.92. The molecule has 38 heavy (non-hydrogen) atoms. The molecule has 4 aromatic rings. The van der Waals surface area contributed by atoms with Gasteiger partial charge < -0.3 is 0 Å². The average Bonchev–Trinajstić information content (AvgIpc) is 3.50. The van der Waals surface area contributed by atoms with Crippen molar-refractivity contribution in [3.8, 4) is 5.69 Å². The van der Waals surface area contributed by atoms with Crippen molar-refractivity contribution in [1.29, 1.82) is 0 Å². The van der Waals surface area contributed by atoms with E-state index < -0.39 is 17.4 Å². The summed E-state index contributed by atoms with van der Waals surface area (Å²) in [5.74, 6) is -1.71. The second-order valence-corrected chi connectivity index (χ2v) is 11.3. The minimum atomic E-state index is -1.17. The Labute approximate surface area is 228 Å². The molecule has 1 spiro atoms. The number of para-hydroxylation sites is 2. The number of aromatic nitrogens is 2. The molecule has 1 N–H and O–H groups in total. The maximum Gasteiger partial charge on any atom is 0.266 e. The van der Waals surface area contributed by atoms with Crippen LogP contribution in [0.4, 0.5) is 5.69 Å². The van der Waals surface area contributed by atoms with Gasteiger partial charge in [-0.15, -0.1) is 0 Å². The first kappa shape index (κ1) is 23.6. The number of halogens is 2. The van der Waals surface area contributed by atoms with Crippen molar-refractivity contribution in [2.45, 2.75) is 25.4 Å². The van der Waals surface area contributed by atoms with E-state index in [0.717, 1.165) is 5.56 Å². The number of hydrogen-bond acceptors (Lipinski definition) is 5. The standard InChI is InChI=1S/C29H22Cl2N4O3/c1-14(2)24-22-23(27(38)34(26(22)37)15-11-12-18(30)19(31)13-15)29(33-24)17-8-4-6-10-21(17)35-25(36)16-7-3-5-9-20(16)32-28(29)35/h3-14,22-24,33H,1-2H3/t22-,23-,24?,29?/m1/s1. The lowest BCUT2D eigenvalue weighted by atomic mass is 9.75. The first-order valence-electron chi connectivity index (χ1n) is 12.5. The third kappa shape index (κ3) is 2.84. The Kier molecular flexibility index (Phi) is 4.96. The van der Waals surface area contributed by atoms with Crippen LogP contribution in [0.15, 0.2) is 71.5 Å². The number of nitrogens with zero attached hydrogens (tertiary/aromatic N) is 3. The fourth-order valence-electron chi connectivity index (χ4n) is 6.60. The van der Waals surface area contributed by atoms with Crippen molar-refractivity contribution in [1.82, 2.24) is 14.9 Å². The highest BCUT2D eigenvalue weighted by molar-refractivity contribution is 6.42. The van der Waals surface area contributed by atoms with Gasteiger partial charge in [0.15, 0.2) is 0 Å². The van der Waals surface area contributed by atoms with E-state index in [1.54, 1.807) is 28.8 Å². The topological polar surface area (TPSA) is 84.3 Å². The Morgan fingerprint density at radius 2 is 1.66 bits per heavy atom. The average molecular weight is 545 g/mol. The number of carbonyl (C=O) groups excluding carboxylic acids is 2. The first-order chi connectivity index (χ1) is 18.3. The summed E-state index contributed by atoms with van der Waals surface area (Å²) in [4.78, 5) is 48.5. The number of anilines is 1. The molecule has 0 bridgehead atoms. The van der Waals surface area contributed by atoms with Crippen LogP contribution in [-0.4, -0.2) is 27.4 Å². The summed E-state index contributed by atoms with van der Waals surface area (Å²) in [6, 6.07) is 19.1. The molecule has 7 rings (SSSR count). The van der Waals surface area contributed by atoms with Gasteiger partial charge in [0.25, 0.3) is 5.56 Å². The lowest BCUT2D eigenvalue weighted by Gasteiger charge is -2.32. The summed E-state index contributed by atoms with van der Waals surface area (Å²) in [7, 11) is 0. The zero-order valence-corrected chi connectivity index (χ0v) is 22.0. The van der Waals surface area contributed by atoms with Gasteiger partial charge in [-0.1, -0.05) is 67.4 Å². The molecule has 0 saturated carbocycles. The molecule has 7 nitrogen and oxygen atoms in total. The number of nitrogens with one attached hydrogen (secondary N) is 1. The van der Waals surface area contributed by atoms with Gasteiger partial charge in [0.1, 0.15) is 11.4 Å². The van der Waals surface area contributed by atoms with Crippen molar-refractivity contribution in [3.63, 3.8) is 0 Å². The Hall–Kier alpha value is -3.52. The van der Waals surface area contributed by atoms with E-state index in [0.29, 0.717) is 33.1 Å². The van der Waals surface area contributed by atoms with Crippen LogP contribution in [0.2, 0.25) is 10.0 Å². The Bertz CT molecular complexity index is 1770. The monoisotopic (exact) mass is 544 g/mol. The fraction of sp³-hybridized carbons (Fsp3) is 0.241. The smallest absolute Gasteiger partial charge is 0.266 e. The van der Waals surface area contributed by atoms with Gasteiger partial charge in [-0.2, -0.15) is 0 Å². The molecular formula is C29H22Cl2N4O3. The van der Waals surface area contributed by atoms with Crippen molar-refractivity contribution in [3.05, 3.63) is 98.5 Å². The Morgan fingerprint density at radius 1 is 0.921 bits per heavy atom. The molecule has 0 radical (unpaired) electrons. The number of benzene rings is 3. The zero-order valence-electron chi connectivity index (χ0n) is 20.5. The van der Waals surface area contributed by atoms with Gasteiger partial charge in [-0.3, -0.25) is 24.3 Å². The molecule has 2 amide bonds. The lowest BCUT2D eigenvalue weighted by Crippen LogP contribution is -2.51. The van der Waals surface area contributed by atoms with Crippen molar-refractivity contribution in [2.24, 2.45) is 17.8 Å². The van der Waals surface area contributed by atoms with E-state index in [1.165, 1.54) is 11.0 Å². The van der Waals surface area contributed by atoms with E-state index in [-0.39, 0.29) is 34.4 Å². The van der Waals surface area contributed by atoms with Gasteiger partial charge in [0.05, 0.1) is 44.2 Å². The molecule has 2 unspecified atom stereocenters. The lowest BCUT2D eigenvalue weighted by molar-refractivity contribution is -0.123. The van der Waals surface area contributed by atoms with E-state index in [1.807, 2.05) is 50.2 Å². The van der Waals surface area contributed by atoms with Crippen LogP contribution in [0.3, 0.4) is 0 Å². The minimum absolute atomic E-state index is 0.0146. The highest BCUT2D eigenvalue weighted by atomic mass is 35.5. The number of amides is 2. The largest absolute Gasteiger partial charge is 0.296 e. The molecule has 9 heteroatoms. The van der Waals surface area contributed by atoms with E-state index in [2.05, 4.69) is 5.32 Å². The molecular weight excluding hydrogens is 523 g/mol. The summed E-state index contributed by atoms with van der Waals surface area (Å²) < 4.78 is 1.60. The summed E-state index contributed by atoms with van der Waals surface area (Å²) in [5, 5.41) is 4.77. The summed E-state index contributed by atoms with van der Waals surface area (Å²) in [6.07, 6.45) is 0. The van der Waals surface area contributed by atoms with E-state index in [9.17, 15) is 14.4 Å². The summed E-state index contributed by atoms with van der Waals surface area (Å²) >= 11 is 12.4. The maximum absolute atomic E-state index is 14.4. The van der Waals surface area contributed by atoms with E-state index >= 15 is 0 Å². The van der Waals surface area contributed by atoms with Crippen molar-refractivity contribution < 1.29 is 9.59 Å². The van der Waals surface area contributed by atoms with Crippen LogP contribution in [0, 0.1) is 17.8 Å². The number of hydrogen-bond donors (Lipinski definition) is 1. The predicted octanol–water partition coefficient (Wildman–Crippen LogP) is 4.68. The van der Waals surface area contributed by atoms with Gasteiger partial charge in [-0.05, 0) is 42.3 Å². The SMILES string of the molecule is CC(C)C1NC2(c3ccccc3-n3c2nc2ccccc2c3=O)[C@H]2C(=O)N(c3ccc(Cl)c(Cl)c3)C(=O)[C@@H]12. The van der Waals surface area contributed by atoms with E-state index in [4.69, 9.17) is 28.2 Å². The zero-order chi connectivity index (χ0) is 26.5. The van der Waals surface area contributed by atoms with Gasteiger partial charge in [0, 0.05) is 11.6 Å². The molecule has 0 aliphatic carbocycles.